The normalized spacial score (nSPS) is 27.9. The number of nitrogens with zero attached hydrogens (tertiary/aromatic N) is 4. The Balaban J connectivity index is 1.33. The van der Waals surface area contributed by atoms with Crippen LogP contribution in [0.15, 0.2) is 5.38 Å². The molecule has 0 N–H and O–H groups in total. The lowest BCUT2D eigenvalue weighted by Gasteiger charge is -2.44. The molecular weight excluding hydrogens is 348 g/mol. The van der Waals surface area contributed by atoms with Gasteiger partial charge in [0.25, 0.3) is 0 Å². The fourth-order valence-corrected chi connectivity index (χ4v) is 5.35. The van der Waals surface area contributed by atoms with Crippen LogP contribution < -0.4 is 4.90 Å². The average molecular weight is 379 g/mol. The Bertz CT molecular complexity index is 620. The molecule has 3 heterocycles. The summed E-state index contributed by atoms with van der Waals surface area (Å²) in [6.45, 7) is 7.96. The molecule has 0 radical (unpaired) electrons. The number of morpholine rings is 1. The Morgan fingerprint density at radius 2 is 2.08 bits per heavy atom. The minimum Gasteiger partial charge on any atom is -0.374 e. The molecule has 1 aromatic rings. The summed E-state index contributed by atoms with van der Waals surface area (Å²) in [5.41, 5.74) is 1.09. The number of carbonyl (C=O) groups excluding carboxylic acids is 1. The quantitative estimate of drug-likeness (QED) is 0.806. The monoisotopic (exact) mass is 378 g/mol. The highest BCUT2D eigenvalue weighted by Crippen LogP contribution is 2.28. The summed E-state index contributed by atoms with van der Waals surface area (Å²) in [4.78, 5) is 24.4. The predicted molar refractivity (Wildman–Crippen MR) is 104 cm³/mol. The Morgan fingerprint density at radius 3 is 2.92 bits per heavy atom. The minimum absolute atomic E-state index is 0.272. The van der Waals surface area contributed by atoms with E-state index < -0.39 is 0 Å². The molecule has 0 aromatic carbocycles. The van der Waals surface area contributed by atoms with E-state index in [1.807, 2.05) is 6.92 Å². The Hall–Kier alpha value is -1.18. The van der Waals surface area contributed by atoms with Gasteiger partial charge in [-0.25, -0.2) is 4.98 Å². The van der Waals surface area contributed by atoms with Gasteiger partial charge in [0.1, 0.15) is 0 Å². The summed E-state index contributed by atoms with van der Waals surface area (Å²) in [6, 6.07) is 0.312. The zero-order chi connectivity index (χ0) is 17.9. The summed E-state index contributed by atoms with van der Waals surface area (Å²) < 4.78 is 5.92. The smallest absolute Gasteiger partial charge is 0.237 e. The molecule has 0 spiro atoms. The first-order chi connectivity index (χ1) is 12.7. The van der Waals surface area contributed by atoms with Gasteiger partial charge in [-0.2, -0.15) is 0 Å². The molecule has 4 rings (SSSR count). The van der Waals surface area contributed by atoms with Crippen LogP contribution in [0.5, 0.6) is 0 Å². The van der Waals surface area contributed by atoms with Gasteiger partial charge in [-0.15, -0.1) is 11.3 Å². The first-order valence-corrected chi connectivity index (χ1v) is 10.9. The lowest BCUT2D eigenvalue weighted by Crippen LogP contribution is -2.56. The fraction of sp³-hybridized carbons (Fsp3) is 0.789. The zero-order valence-electron chi connectivity index (χ0n) is 15.7. The number of aryl methyl sites for hydroxylation is 1. The van der Waals surface area contributed by atoms with Crippen LogP contribution in [-0.4, -0.2) is 78.7 Å². The van der Waals surface area contributed by atoms with Crippen LogP contribution >= 0.6 is 11.3 Å². The largest absolute Gasteiger partial charge is 0.374 e. The second kappa shape index (κ2) is 8.23. The van der Waals surface area contributed by atoms with Crippen molar-refractivity contribution in [3.8, 4) is 0 Å². The van der Waals surface area contributed by atoms with Crippen molar-refractivity contribution in [1.29, 1.82) is 0 Å². The van der Waals surface area contributed by atoms with Gasteiger partial charge in [-0.05, 0) is 26.2 Å². The van der Waals surface area contributed by atoms with E-state index in [1.165, 1.54) is 12.8 Å². The van der Waals surface area contributed by atoms with Gasteiger partial charge in [-0.3, -0.25) is 9.69 Å². The number of aromatic nitrogens is 1. The SMILES string of the molecule is Cc1csc(N2CCCN(CC(=O)N3CCO[C@H]4CCCC[C@@H]43)CC2)n1. The highest BCUT2D eigenvalue weighted by Gasteiger charge is 2.37. The maximum atomic E-state index is 13.0. The third-order valence-electron chi connectivity index (χ3n) is 5.88. The van der Waals surface area contributed by atoms with Crippen molar-refractivity contribution in [1.82, 2.24) is 14.8 Å². The number of amides is 1. The summed E-state index contributed by atoms with van der Waals surface area (Å²) >= 11 is 1.72. The van der Waals surface area contributed by atoms with Crippen molar-refractivity contribution in [2.45, 2.75) is 51.2 Å². The van der Waals surface area contributed by atoms with E-state index in [9.17, 15) is 4.79 Å². The number of thiazole rings is 1. The molecule has 2 aliphatic heterocycles. The van der Waals surface area contributed by atoms with Gasteiger partial charge in [0.05, 0.1) is 31.0 Å². The van der Waals surface area contributed by atoms with E-state index in [2.05, 4.69) is 25.1 Å². The number of ether oxygens (including phenoxy) is 1. The van der Waals surface area contributed by atoms with Crippen LogP contribution in [0.2, 0.25) is 0 Å². The van der Waals surface area contributed by atoms with Gasteiger partial charge in [-0.1, -0.05) is 12.8 Å². The molecule has 0 bridgehead atoms. The second-order valence-electron chi connectivity index (χ2n) is 7.74. The molecule has 1 saturated carbocycles. The average Bonchev–Trinajstić information content (AvgIpc) is 2.96. The van der Waals surface area contributed by atoms with Crippen molar-refractivity contribution >= 4 is 22.4 Å². The molecule has 2 saturated heterocycles. The molecule has 6 nitrogen and oxygen atoms in total. The maximum absolute atomic E-state index is 13.0. The van der Waals surface area contributed by atoms with E-state index in [0.717, 1.165) is 62.8 Å². The van der Waals surface area contributed by atoms with Crippen LogP contribution in [0.3, 0.4) is 0 Å². The molecule has 7 heteroatoms. The number of hydrogen-bond acceptors (Lipinski definition) is 6. The lowest BCUT2D eigenvalue weighted by atomic mass is 9.90. The molecule has 3 aliphatic rings. The van der Waals surface area contributed by atoms with E-state index >= 15 is 0 Å². The molecule has 1 aromatic heterocycles. The zero-order valence-corrected chi connectivity index (χ0v) is 16.5. The maximum Gasteiger partial charge on any atom is 0.237 e. The van der Waals surface area contributed by atoms with E-state index in [0.29, 0.717) is 25.1 Å². The van der Waals surface area contributed by atoms with Crippen molar-refractivity contribution in [3.63, 3.8) is 0 Å². The van der Waals surface area contributed by atoms with Gasteiger partial charge < -0.3 is 14.5 Å². The van der Waals surface area contributed by atoms with Gasteiger partial charge in [0, 0.05) is 38.1 Å². The second-order valence-corrected chi connectivity index (χ2v) is 8.57. The minimum atomic E-state index is 0.272. The summed E-state index contributed by atoms with van der Waals surface area (Å²) in [7, 11) is 0. The number of carbonyl (C=O) groups is 1. The molecule has 3 fully saturated rings. The van der Waals surface area contributed by atoms with Crippen LogP contribution in [0.25, 0.3) is 0 Å². The Labute approximate surface area is 160 Å². The molecule has 26 heavy (non-hydrogen) atoms. The van der Waals surface area contributed by atoms with Gasteiger partial charge in [0.2, 0.25) is 5.91 Å². The lowest BCUT2D eigenvalue weighted by molar-refractivity contribution is -0.150. The van der Waals surface area contributed by atoms with Gasteiger partial charge in [0.15, 0.2) is 5.13 Å². The summed E-state index contributed by atoms with van der Waals surface area (Å²) in [5, 5.41) is 3.23. The van der Waals surface area contributed by atoms with Crippen molar-refractivity contribution in [2.24, 2.45) is 0 Å². The highest BCUT2D eigenvalue weighted by atomic mass is 32.1. The molecular formula is C19H30N4O2S. The highest BCUT2D eigenvalue weighted by molar-refractivity contribution is 7.13. The van der Waals surface area contributed by atoms with E-state index in [1.54, 1.807) is 11.3 Å². The number of rotatable bonds is 3. The fourth-order valence-electron chi connectivity index (χ4n) is 4.50. The third kappa shape index (κ3) is 4.05. The first-order valence-electron chi connectivity index (χ1n) is 10.0. The summed E-state index contributed by atoms with van der Waals surface area (Å²) in [6.07, 6.45) is 6.03. The molecule has 2 atom stereocenters. The van der Waals surface area contributed by atoms with Crippen LogP contribution in [0.4, 0.5) is 5.13 Å². The predicted octanol–water partition coefficient (Wildman–Crippen LogP) is 2.13. The van der Waals surface area contributed by atoms with Crippen molar-refractivity contribution in [2.75, 3.05) is 50.8 Å². The van der Waals surface area contributed by atoms with Crippen LogP contribution in [0.1, 0.15) is 37.8 Å². The van der Waals surface area contributed by atoms with Crippen molar-refractivity contribution in [3.05, 3.63) is 11.1 Å². The van der Waals surface area contributed by atoms with Crippen LogP contribution in [-0.2, 0) is 9.53 Å². The van der Waals surface area contributed by atoms with Gasteiger partial charge >= 0.3 is 0 Å². The third-order valence-corrected chi connectivity index (χ3v) is 6.90. The van der Waals surface area contributed by atoms with Crippen molar-refractivity contribution < 1.29 is 9.53 Å². The molecule has 0 unspecified atom stereocenters. The Kier molecular flexibility index (Phi) is 5.76. The number of hydrogen-bond donors (Lipinski definition) is 0. The van der Waals surface area contributed by atoms with Crippen LogP contribution in [0, 0.1) is 6.92 Å². The first kappa shape index (κ1) is 18.2. The van der Waals surface area contributed by atoms with E-state index in [4.69, 9.17) is 4.74 Å². The molecule has 1 amide bonds. The molecule has 1 aliphatic carbocycles. The molecule has 144 valence electrons. The number of fused-ring (bicyclic) bond motifs is 1. The van der Waals surface area contributed by atoms with E-state index in [-0.39, 0.29) is 6.10 Å². The number of anilines is 1. The standard InChI is InChI=1S/C19H30N4O2S/c1-15-14-26-19(20-15)22-8-4-7-21(9-10-22)13-18(24)23-11-12-25-17-6-3-2-5-16(17)23/h14,16-17H,2-13H2,1H3/t16-,17-/m0/s1. The summed E-state index contributed by atoms with van der Waals surface area (Å²) in [5.74, 6) is 0.295. The topological polar surface area (TPSA) is 48.9 Å². The Morgan fingerprint density at radius 1 is 1.19 bits per heavy atom.